The molecule has 0 heterocycles. The van der Waals surface area contributed by atoms with Crippen molar-refractivity contribution < 1.29 is 9.53 Å². The molecule has 1 amide bonds. The Labute approximate surface area is 104 Å². The number of amides is 1. The fraction of sp³-hybridized carbons (Fsp3) is 0.417. The number of hydrogen-bond acceptors (Lipinski definition) is 2. The van der Waals surface area contributed by atoms with Crippen LogP contribution in [-0.2, 0) is 11.2 Å². The van der Waals surface area contributed by atoms with Gasteiger partial charge in [0.2, 0.25) is 5.91 Å². The number of methoxy groups -OCH3 is 1. The summed E-state index contributed by atoms with van der Waals surface area (Å²) in [5.74, 6) is 0.871. The summed E-state index contributed by atoms with van der Waals surface area (Å²) in [6, 6.07) is 7.85. The monoisotopic (exact) mass is 285 g/mol. The van der Waals surface area contributed by atoms with Gasteiger partial charge in [0, 0.05) is 6.54 Å². The van der Waals surface area contributed by atoms with Gasteiger partial charge in [-0.05, 0) is 31.0 Å². The Hall–Kier alpha value is -1.03. The minimum Gasteiger partial charge on any atom is -0.497 e. The van der Waals surface area contributed by atoms with E-state index in [1.165, 1.54) is 5.56 Å². The van der Waals surface area contributed by atoms with Gasteiger partial charge in [0.15, 0.2) is 0 Å². The van der Waals surface area contributed by atoms with Crippen LogP contribution in [0.15, 0.2) is 24.3 Å². The lowest BCUT2D eigenvalue weighted by molar-refractivity contribution is -0.120. The Morgan fingerprint density at radius 3 is 2.56 bits per heavy atom. The minimum atomic E-state index is -0.136. The molecular weight excluding hydrogens is 270 g/mol. The first-order chi connectivity index (χ1) is 7.63. The summed E-state index contributed by atoms with van der Waals surface area (Å²) in [5, 5.41) is 2.84. The first-order valence-electron chi connectivity index (χ1n) is 5.18. The van der Waals surface area contributed by atoms with Crippen LogP contribution in [0.1, 0.15) is 12.5 Å². The normalized spacial score (nSPS) is 11.9. The maximum absolute atomic E-state index is 11.3. The lowest BCUT2D eigenvalue weighted by Gasteiger charge is -2.07. The number of nitrogens with one attached hydrogen (secondary N) is 1. The third kappa shape index (κ3) is 4.23. The van der Waals surface area contributed by atoms with Crippen LogP contribution in [0.2, 0.25) is 0 Å². The molecule has 0 aliphatic rings. The van der Waals surface area contributed by atoms with Gasteiger partial charge in [0.25, 0.3) is 0 Å². The second-order valence-electron chi connectivity index (χ2n) is 3.51. The third-order valence-electron chi connectivity index (χ3n) is 2.23. The van der Waals surface area contributed by atoms with Gasteiger partial charge in [-0.1, -0.05) is 28.1 Å². The first-order valence-corrected chi connectivity index (χ1v) is 6.09. The zero-order valence-corrected chi connectivity index (χ0v) is 11.1. The molecule has 4 heteroatoms. The number of carbonyl (C=O) groups is 1. The van der Waals surface area contributed by atoms with E-state index in [1.807, 2.05) is 31.2 Å². The van der Waals surface area contributed by atoms with Gasteiger partial charge in [0.1, 0.15) is 5.75 Å². The topological polar surface area (TPSA) is 38.3 Å². The molecule has 1 N–H and O–H groups in total. The quantitative estimate of drug-likeness (QED) is 0.842. The number of alkyl halides is 1. The van der Waals surface area contributed by atoms with Crippen LogP contribution in [0.4, 0.5) is 0 Å². The van der Waals surface area contributed by atoms with E-state index >= 15 is 0 Å². The highest BCUT2D eigenvalue weighted by Gasteiger charge is 2.06. The predicted octanol–water partition coefficient (Wildman–Crippen LogP) is 2.14. The van der Waals surface area contributed by atoms with Crippen molar-refractivity contribution >= 4 is 21.8 Å². The molecule has 0 aliphatic heterocycles. The van der Waals surface area contributed by atoms with Crippen molar-refractivity contribution in [1.29, 1.82) is 0 Å². The van der Waals surface area contributed by atoms with Crippen LogP contribution in [0.25, 0.3) is 0 Å². The van der Waals surface area contributed by atoms with E-state index in [2.05, 4.69) is 21.2 Å². The molecule has 1 rings (SSSR count). The van der Waals surface area contributed by atoms with E-state index in [-0.39, 0.29) is 10.7 Å². The number of carbonyl (C=O) groups excluding carboxylic acids is 1. The van der Waals surface area contributed by atoms with Crippen molar-refractivity contribution in [2.45, 2.75) is 18.2 Å². The molecule has 1 aromatic rings. The maximum Gasteiger partial charge on any atom is 0.233 e. The Bertz CT molecular complexity index is 335. The number of halogens is 1. The minimum absolute atomic E-state index is 0.0218. The van der Waals surface area contributed by atoms with E-state index in [0.29, 0.717) is 6.54 Å². The second kappa shape index (κ2) is 6.53. The molecule has 0 aliphatic carbocycles. The summed E-state index contributed by atoms with van der Waals surface area (Å²) < 4.78 is 5.07. The molecule has 0 fully saturated rings. The van der Waals surface area contributed by atoms with Crippen molar-refractivity contribution in [3.8, 4) is 5.75 Å². The van der Waals surface area contributed by atoms with Crippen LogP contribution < -0.4 is 10.1 Å². The van der Waals surface area contributed by atoms with Crippen molar-refractivity contribution in [3.63, 3.8) is 0 Å². The SMILES string of the molecule is COc1ccc(CCNC(=O)C(C)Br)cc1. The standard InChI is InChI=1S/C12H16BrNO2/c1-9(13)12(15)14-8-7-10-3-5-11(16-2)6-4-10/h3-6,9H,7-8H2,1-2H3,(H,14,15). The zero-order valence-electron chi connectivity index (χ0n) is 9.50. The molecular formula is C12H16BrNO2. The van der Waals surface area contributed by atoms with E-state index in [4.69, 9.17) is 4.74 Å². The molecule has 0 spiro atoms. The Morgan fingerprint density at radius 1 is 1.44 bits per heavy atom. The number of ether oxygens (including phenoxy) is 1. The van der Waals surface area contributed by atoms with Gasteiger partial charge in [0.05, 0.1) is 11.9 Å². The summed E-state index contributed by atoms with van der Waals surface area (Å²) in [6.07, 6.45) is 0.829. The number of benzene rings is 1. The van der Waals surface area contributed by atoms with Crippen molar-refractivity contribution in [2.24, 2.45) is 0 Å². The van der Waals surface area contributed by atoms with Gasteiger partial charge in [-0.25, -0.2) is 0 Å². The smallest absolute Gasteiger partial charge is 0.233 e. The third-order valence-corrected chi connectivity index (χ3v) is 2.65. The van der Waals surface area contributed by atoms with Crippen LogP contribution in [-0.4, -0.2) is 24.4 Å². The summed E-state index contributed by atoms with van der Waals surface area (Å²) in [7, 11) is 1.65. The highest BCUT2D eigenvalue weighted by Crippen LogP contribution is 2.11. The summed E-state index contributed by atoms with van der Waals surface area (Å²) in [6.45, 7) is 2.46. The number of hydrogen-bond donors (Lipinski definition) is 1. The van der Waals surface area contributed by atoms with E-state index in [0.717, 1.165) is 12.2 Å². The van der Waals surface area contributed by atoms with Gasteiger partial charge in [-0.15, -0.1) is 0 Å². The second-order valence-corrected chi connectivity index (χ2v) is 4.88. The van der Waals surface area contributed by atoms with Gasteiger partial charge >= 0.3 is 0 Å². The largest absolute Gasteiger partial charge is 0.497 e. The van der Waals surface area contributed by atoms with Crippen LogP contribution in [0.3, 0.4) is 0 Å². The molecule has 16 heavy (non-hydrogen) atoms. The average molecular weight is 286 g/mol. The van der Waals surface area contributed by atoms with Crippen LogP contribution in [0, 0.1) is 0 Å². The highest BCUT2D eigenvalue weighted by molar-refractivity contribution is 9.10. The molecule has 0 aromatic heterocycles. The molecule has 1 atom stereocenters. The van der Waals surface area contributed by atoms with Crippen molar-refractivity contribution in [1.82, 2.24) is 5.32 Å². The highest BCUT2D eigenvalue weighted by atomic mass is 79.9. The first kappa shape index (κ1) is 13.0. The van der Waals surface area contributed by atoms with Crippen LogP contribution >= 0.6 is 15.9 Å². The fourth-order valence-electron chi connectivity index (χ4n) is 1.26. The maximum atomic E-state index is 11.3. The summed E-state index contributed by atoms with van der Waals surface area (Å²) in [5.41, 5.74) is 1.18. The van der Waals surface area contributed by atoms with Gasteiger partial charge in [-0.2, -0.15) is 0 Å². The van der Waals surface area contributed by atoms with E-state index < -0.39 is 0 Å². The molecule has 0 saturated heterocycles. The molecule has 3 nitrogen and oxygen atoms in total. The zero-order chi connectivity index (χ0) is 12.0. The van der Waals surface area contributed by atoms with Crippen molar-refractivity contribution in [3.05, 3.63) is 29.8 Å². The molecule has 88 valence electrons. The summed E-state index contributed by atoms with van der Waals surface area (Å²) >= 11 is 3.22. The van der Waals surface area contributed by atoms with Gasteiger partial charge < -0.3 is 10.1 Å². The number of rotatable bonds is 5. The predicted molar refractivity (Wildman–Crippen MR) is 68.1 cm³/mol. The van der Waals surface area contributed by atoms with Crippen molar-refractivity contribution in [2.75, 3.05) is 13.7 Å². The lowest BCUT2D eigenvalue weighted by atomic mass is 10.1. The fourth-order valence-corrected chi connectivity index (χ4v) is 1.42. The molecule has 1 aromatic carbocycles. The molecule has 0 radical (unpaired) electrons. The van der Waals surface area contributed by atoms with E-state index in [9.17, 15) is 4.79 Å². The van der Waals surface area contributed by atoms with Gasteiger partial charge in [-0.3, -0.25) is 4.79 Å². The Kier molecular flexibility index (Phi) is 5.32. The molecule has 0 saturated carbocycles. The Morgan fingerprint density at radius 2 is 2.06 bits per heavy atom. The van der Waals surface area contributed by atoms with E-state index in [1.54, 1.807) is 7.11 Å². The Balaban J connectivity index is 2.34. The summed E-state index contributed by atoms with van der Waals surface area (Å²) in [4.78, 5) is 11.1. The lowest BCUT2D eigenvalue weighted by Crippen LogP contribution is -2.30. The van der Waals surface area contributed by atoms with Crippen LogP contribution in [0.5, 0.6) is 5.75 Å². The molecule has 1 unspecified atom stereocenters. The molecule has 0 bridgehead atoms. The average Bonchev–Trinajstić information content (AvgIpc) is 2.29.